The maximum atomic E-state index is 12.0. The van der Waals surface area contributed by atoms with E-state index < -0.39 is 0 Å². The Kier molecular flexibility index (Phi) is 5.64. The second-order valence-corrected chi connectivity index (χ2v) is 6.67. The molecule has 18 heavy (non-hydrogen) atoms. The molecule has 2 atom stereocenters. The third-order valence-corrected chi connectivity index (χ3v) is 4.35. The van der Waals surface area contributed by atoms with Crippen molar-refractivity contribution >= 4 is 5.91 Å². The van der Waals surface area contributed by atoms with Gasteiger partial charge in [-0.25, -0.2) is 0 Å². The van der Waals surface area contributed by atoms with E-state index in [0.717, 1.165) is 6.54 Å². The Bertz CT molecular complexity index is 268. The van der Waals surface area contributed by atoms with Gasteiger partial charge >= 0.3 is 0 Å². The molecule has 0 aromatic heterocycles. The molecule has 106 valence electrons. The summed E-state index contributed by atoms with van der Waals surface area (Å²) in [5, 5.41) is 3.13. The second kappa shape index (κ2) is 6.55. The fourth-order valence-electron chi connectivity index (χ4n) is 3.12. The highest BCUT2D eigenvalue weighted by molar-refractivity contribution is 5.78. The molecule has 3 N–H and O–H groups in total. The van der Waals surface area contributed by atoms with E-state index in [1.165, 1.54) is 32.1 Å². The number of nitrogens with two attached hydrogens (primary N) is 1. The van der Waals surface area contributed by atoms with Crippen LogP contribution in [0.25, 0.3) is 0 Å². The van der Waals surface area contributed by atoms with Crippen molar-refractivity contribution in [1.29, 1.82) is 0 Å². The molecule has 1 rings (SSSR count). The van der Waals surface area contributed by atoms with Crippen molar-refractivity contribution in [2.75, 3.05) is 6.54 Å². The molecule has 3 heteroatoms. The molecule has 0 radical (unpaired) electrons. The van der Waals surface area contributed by atoms with Crippen LogP contribution in [0.4, 0.5) is 0 Å². The summed E-state index contributed by atoms with van der Waals surface area (Å²) in [4.78, 5) is 12.0. The minimum atomic E-state index is -0.0949. The Hall–Kier alpha value is -0.570. The Labute approximate surface area is 112 Å². The van der Waals surface area contributed by atoms with Crippen molar-refractivity contribution < 1.29 is 4.79 Å². The monoisotopic (exact) mass is 254 g/mol. The first-order valence-corrected chi connectivity index (χ1v) is 7.39. The van der Waals surface area contributed by atoms with E-state index in [2.05, 4.69) is 19.2 Å². The quantitative estimate of drug-likeness (QED) is 0.765. The van der Waals surface area contributed by atoms with Gasteiger partial charge in [0, 0.05) is 18.5 Å². The van der Waals surface area contributed by atoms with Crippen LogP contribution in [-0.2, 0) is 4.79 Å². The van der Waals surface area contributed by atoms with Crippen LogP contribution in [0.1, 0.15) is 59.8 Å². The van der Waals surface area contributed by atoms with Crippen molar-refractivity contribution in [1.82, 2.24) is 5.32 Å². The second-order valence-electron chi connectivity index (χ2n) is 6.67. The van der Waals surface area contributed by atoms with Gasteiger partial charge in [-0.05, 0) is 37.5 Å². The Morgan fingerprint density at radius 1 is 1.22 bits per heavy atom. The number of nitrogens with one attached hydrogen (secondary N) is 1. The molecular weight excluding hydrogens is 224 g/mol. The Morgan fingerprint density at radius 3 is 2.22 bits per heavy atom. The number of carbonyl (C=O) groups is 1. The standard InChI is InChI=1S/C15H30N2O/c1-11(2)9-15(7-5-6-8-15)10-17-14(18)12(3)13(4)16/h11-13H,5-10,16H2,1-4H3,(H,17,18). The maximum Gasteiger partial charge on any atom is 0.224 e. The molecule has 3 nitrogen and oxygen atoms in total. The van der Waals surface area contributed by atoms with E-state index in [1.54, 1.807) is 0 Å². The van der Waals surface area contributed by atoms with E-state index >= 15 is 0 Å². The van der Waals surface area contributed by atoms with Gasteiger partial charge in [-0.1, -0.05) is 33.6 Å². The van der Waals surface area contributed by atoms with Gasteiger partial charge in [0.2, 0.25) is 5.91 Å². The summed E-state index contributed by atoms with van der Waals surface area (Å²) in [5.74, 6) is 0.716. The van der Waals surface area contributed by atoms with Crippen LogP contribution in [0.5, 0.6) is 0 Å². The van der Waals surface area contributed by atoms with Gasteiger partial charge in [0.1, 0.15) is 0 Å². The lowest BCUT2D eigenvalue weighted by Gasteiger charge is -2.32. The zero-order chi connectivity index (χ0) is 13.8. The first-order chi connectivity index (χ1) is 8.36. The fraction of sp³-hybridized carbons (Fsp3) is 0.933. The average molecular weight is 254 g/mol. The predicted octanol–water partition coefficient (Wildman–Crippen LogP) is 2.69. The molecule has 1 aliphatic carbocycles. The van der Waals surface area contributed by atoms with Crippen molar-refractivity contribution in [2.24, 2.45) is 23.0 Å². The molecule has 1 amide bonds. The molecule has 0 aromatic rings. The minimum absolute atomic E-state index is 0.0744. The van der Waals surface area contributed by atoms with Crippen LogP contribution in [0.3, 0.4) is 0 Å². The third-order valence-electron chi connectivity index (χ3n) is 4.35. The lowest BCUT2D eigenvalue weighted by molar-refractivity contribution is -0.125. The number of hydrogen-bond donors (Lipinski definition) is 2. The summed E-state index contributed by atoms with van der Waals surface area (Å²) in [6.45, 7) is 9.17. The number of hydrogen-bond acceptors (Lipinski definition) is 2. The summed E-state index contributed by atoms with van der Waals surface area (Å²) in [5.41, 5.74) is 6.12. The summed E-state index contributed by atoms with van der Waals surface area (Å²) < 4.78 is 0. The number of rotatable bonds is 6. The Morgan fingerprint density at radius 2 is 1.78 bits per heavy atom. The summed E-state index contributed by atoms with van der Waals surface area (Å²) in [7, 11) is 0. The normalized spacial score (nSPS) is 21.9. The molecule has 0 bridgehead atoms. The number of carbonyl (C=O) groups excluding carboxylic acids is 1. The summed E-state index contributed by atoms with van der Waals surface area (Å²) >= 11 is 0. The van der Waals surface area contributed by atoms with Gasteiger partial charge in [-0.2, -0.15) is 0 Å². The Balaban J connectivity index is 2.50. The van der Waals surface area contributed by atoms with Crippen molar-refractivity contribution in [3.05, 3.63) is 0 Å². The highest BCUT2D eigenvalue weighted by atomic mass is 16.1. The SMILES string of the molecule is CC(C)CC1(CNC(=O)C(C)C(C)N)CCCC1. The first-order valence-electron chi connectivity index (χ1n) is 7.39. The van der Waals surface area contributed by atoms with Crippen LogP contribution >= 0.6 is 0 Å². The molecule has 2 unspecified atom stereocenters. The molecule has 0 heterocycles. The number of amides is 1. The summed E-state index contributed by atoms with van der Waals surface area (Å²) in [6, 6.07) is -0.0744. The van der Waals surface area contributed by atoms with E-state index in [0.29, 0.717) is 11.3 Å². The van der Waals surface area contributed by atoms with E-state index in [4.69, 9.17) is 5.73 Å². The van der Waals surface area contributed by atoms with Crippen LogP contribution in [0.15, 0.2) is 0 Å². The molecule has 1 aliphatic rings. The lowest BCUT2D eigenvalue weighted by atomic mass is 9.78. The van der Waals surface area contributed by atoms with Gasteiger partial charge in [-0.3, -0.25) is 4.79 Å². The predicted molar refractivity (Wildman–Crippen MR) is 76.2 cm³/mol. The molecule has 0 spiro atoms. The lowest BCUT2D eigenvalue weighted by Crippen LogP contribution is -2.43. The largest absolute Gasteiger partial charge is 0.355 e. The molecule has 0 saturated heterocycles. The smallest absolute Gasteiger partial charge is 0.224 e. The van der Waals surface area contributed by atoms with Crippen LogP contribution in [0.2, 0.25) is 0 Å². The van der Waals surface area contributed by atoms with Gasteiger partial charge < -0.3 is 11.1 Å². The third kappa shape index (κ3) is 4.27. The van der Waals surface area contributed by atoms with Crippen LogP contribution in [0, 0.1) is 17.3 Å². The van der Waals surface area contributed by atoms with E-state index in [-0.39, 0.29) is 17.9 Å². The molecular formula is C15H30N2O. The van der Waals surface area contributed by atoms with Gasteiger partial charge in [0.05, 0.1) is 0 Å². The highest BCUT2D eigenvalue weighted by Crippen LogP contribution is 2.42. The van der Waals surface area contributed by atoms with Gasteiger partial charge in [-0.15, -0.1) is 0 Å². The fourth-order valence-corrected chi connectivity index (χ4v) is 3.12. The molecule has 0 aliphatic heterocycles. The molecule has 1 fully saturated rings. The topological polar surface area (TPSA) is 55.1 Å². The maximum absolute atomic E-state index is 12.0. The van der Waals surface area contributed by atoms with Crippen LogP contribution in [-0.4, -0.2) is 18.5 Å². The molecule has 0 aromatic carbocycles. The van der Waals surface area contributed by atoms with Crippen molar-refractivity contribution in [3.8, 4) is 0 Å². The van der Waals surface area contributed by atoms with Gasteiger partial charge in [0.25, 0.3) is 0 Å². The van der Waals surface area contributed by atoms with Crippen LogP contribution < -0.4 is 11.1 Å². The zero-order valence-electron chi connectivity index (χ0n) is 12.5. The first kappa shape index (κ1) is 15.5. The van der Waals surface area contributed by atoms with E-state index in [9.17, 15) is 4.79 Å². The zero-order valence-corrected chi connectivity index (χ0v) is 12.5. The summed E-state index contributed by atoms with van der Waals surface area (Å²) in [6.07, 6.45) is 6.37. The van der Waals surface area contributed by atoms with Gasteiger partial charge in [0.15, 0.2) is 0 Å². The highest BCUT2D eigenvalue weighted by Gasteiger charge is 2.35. The van der Waals surface area contributed by atoms with E-state index in [1.807, 2.05) is 13.8 Å². The minimum Gasteiger partial charge on any atom is -0.355 e. The van der Waals surface area contributed by atoms with Crippen molar-refractivity contribution in [2.45, 2.75) is 65.8 Å². The molecule has 1 saturated carbocycles. The average Bonchev–Trinajstić information content (AvgIpc) is 2.72. The van der Waals surface area contributed by atoms with Crippen molar-refractivity contribution in [3.63, 3.8) is 0 Å².